The third-order valence-electron chi connectivity index (χ3n) is 5.42. The molecule has 9 heteroatoms. The second-order valence-corrected chi connectivity index (χ2v) is 9.58. The molecule has 3 aromatic rings. The van der Waals surface area contributed by atoms with Crippen molar-refractivity contribution in [2.45, 2.75) is 18.7 Å². The topological polar surface area (TPSA) is 85.4 Å². The van der Waals surface area contributed by atoms with Gasteiger partial charge >= 0.3 is 0 Å². The molecule has 0 saturated heterocycles. The van der Waals surface area contributed by atoms with E-state index in [1.807, 2.05) is 6.92 Å². The summed E-state index contributed by atoms with van der Waals surface area (Å²) in [4.78, 5) is 14.7. The van der Waals surface area contributed by atoms with E-state index in [0.29, 0.717) is 29.5 Å². The number of carbonyl (C=O) groups is 1. The molecule has 35 heavy (non-hydrogen) atoms. The Labute approximate surface area is 206 Å². The van der Waals surface area contributed by atoms with E-state index in [-0.39, 0.29) is 10.6 Å². The molecule has 0 fully saturated rings. The summed E-state index contributed by atoms with van der Waals surface area (Å²) in [6.45, 7) is 3.70. The smallest absolute Gasteiger partial charge is 0.268 e. The maximum absolute atomic E-state index is 13.9. The number of aryl methyl sites for hydroxylation is 1. The van der Waals surface area contributed by atoms with Gasteiger partial charge in [-0.15, -0.1) is 0 Å². The molecule has 186 valence electrons. The van der Waals surface area contributed by atoms with Gasteiger partial charge in [0.1, 0.15) is 28.7 Å². The second-order valence-electron chi connectivity index (χ2n) is 7.75. The Morgan fingerprint density at radius 2 is 1.60 bits per heavy atom. The molecule has 3 aromatic carbocycles. The van der Waals surface area contributed by atoms with E-state index in [4.69, 9.17) is 14.2 Å². The predicted molar refractivity (Wildman–Crippen MR) is 136 cm³/mol. The number of benzene rings is 3. The number of hydrogen-bond donors (Lipinski definition) is 0. The van der Waals surface area contributed by atoms with Gasteiger partial charge in [0, 0.05) is 18.8 Å². The number of ether oxygens (including phenoxy) is 3. The molecular formula is C26H30N2O6S. The lowest BCUT2D eigenvalue weighted by molar-refractivity contribution is -0.116. The monoisotopic (exact) mass is 498 g/mol. The van der Waals surface area contributed by atoms with Crippen LogP contribution in [0.5, 0.6) is 17.2 Å². The molecule has 0 N–H and O–H groups in total. The van der Waals surface area contributed by atoms with Crippen molar-refractivity contribution in [1.29, 1.82) is 0 Å². The van der Waals surface area contributed by atoms with E-state index in [0.717, 1.165) is 9.87 Å². The lowest BCUT2D eigenvalue weighted by atomic mass is 10.2. The average molecular weight is 499 g/mol. The summed E-state index contributed by atoms with van der Waals surface area (Å²) in [5.74, 6) is 0.951. The quantitative estimate of drug-likeness (QED) is 0.415. The third kappa shape index (κ3) is 5.86. The Balaban J connectivity index is 2.04. The van der Waals surface area contributed by atoms with E-state index in [2.05, 4.69) is 0 Å². The highest BCUT2D eigenvalue weighted by Gasteiger charge is 2.31. The van der Waals surface area contributed by atoms with Gasteiger partial charge in [-0.25, -0.2) is 8.42 Å². The van der Waals surface area contributed by atoms with Crippen molar-refractivity contribution < 1.29 is 27.4 Å². The fraction of sp³-hybridized carbons (Fsp3) is 0.269. The van der Waals surface area contributed by atoms with Crippen LogP contribution in [0.3, 0.4) is 0 Å². The molecule has 0 bridgehead atoms. The standard InChI is InChI=1S/C26H30N2O6S/c1-6-34-22-13-11-20(12-14-22)28(35(30,31)25-16-19(2)10-15-24(25)33-5)18-26(29)27(3)21-8-7-9-23(17-21)32-4/h7-17H,6,18H2,1-5H3. The first kappa shape index (κ1) is 25.9. The summed E-state index contributed by atoms with van der Waals surface area (Å²) in [6, 6.07) is 18.5. The molecule has 0 aromatic heterocycles. The Kier molecular flexibility index (Phi) is 8.24. The lowest BCUT2D eigenvalue weighted by Gasteiger charge is -2.27. The summed E-state index contributed by atoms with van der Waals surface area (Å²) in [7, 11) is 0.365. The SMILES string of the molecule is CCOc1ccc(N(CC(=O)N(C)c2cccc(OC)c2)S(=O)(=O)c2cc(C)ccc2OC)cc1. The van der Waals surface area contributed by atoms with Crippen molar-refractivity contribution in [1.82, 2.24) is 0 Å². The van der Waals surface area contributed by atoms with Crippen LogP contribution in [0.25, 0.3) is 0 Å². The molecule has 0 aliphatic carbocycles. The van der Waals surface area contributed by atoms with Crippen LogP contribution < -0.4 is 23.4 Å². The van der Waals surface area contributed by atoms with Crippen LogP contribution in [0.2, 0.25) is 0 Å². The van der Waals surface area contributed by atoms with Crippen molar-refractivity contribution in [2.24, 2.45) is 0 Å². The molecule has 0 unspecified atom stereocenters. The van der Waals surface area contributed by atoms with E-state index in [1.54, 1.807) is 74.6 Å². The number of rotatable bonds is 10. The maximum atomic E-state index is 13.9. The number of amides is 1. The van der Waals surface area contributed by atoms with Gasteiger partial charge in [0.15, 0.2) is 0 Å². The van der Waals surface area contributed by atoms with Crippen LogP contribution in [0.1, 0.15) is 12.5 Å². The van der Waals surface area contributed by atoms with Crippen molar-refractivity contribution in [3.8, 4) is 17.2 Å². The number of carbonyl (C=O) groups excluding carboxylic acids is 1. The largest absolute Gasteiger partial charge is 0.497 e. The van der Waals surface area contributed by atoms with Crippen molar-refractivity contribution >= 4 is 27.3 Å². The minimum atomic E-state index is -4.17. The highest BCUT2D eigenvalue weighted by molar-refractivity contribution is 7.93. The average Bonchev–Trinajstić information content (AvgIpc) is 2.87. The maximum Gasteiger partial charge on any atom is 0.268 e. The van der Waals surface area contributed by atoms with Crippen LogP contribution in [-0.4, -0.2) is 48.7 Å². The highest BCUT2D eigenvalue weighted by Crippen LogP contribution is 2.32. The number of methoxy groups -OCH3 is 2. The van der Waals surface area contributed by atoms with Gasteiger partial charge in [-0.1, -0.05) is 12.1 Å². The first-order valence-corrected chi connectivity index (χ1v) is 12.5. The van der Waals surface area contributed by atoms with Crippen LogP contribution in [0.15, 0.2) is 71.6 Å². The van der Waals surface area contributed by atoms with Gasteiger partial charge in [0.25, 0.3) is 10.0 Å². The number of sulfonamides is 1. The summed E-state index contributed by atoms with van der Waals surface area (Å²) in [5, 5.41) is 0. The van der Waals surface area contributed by atoms with E-state index in [1.165, 1.54) is 25.2 Å². The highest BCUT2D eigenvalue weighted by atomic mass is 32.2. The van der Waals surface area contributed by atoms with Crippen LogP contribution in [0, 0.1) is 6.92 Å². The van der Waals surface area contributed by atoms with Gasteiger partial charge in [-0.2, -0.15) is 0 Å². The minimum absolute atomic E-state index is 0.0225. The van der Waals surface area contributed by atoms with E-state index >= 15 is 0 Å². The number of hydrogen-bond acceptors (Lipinski definition) is 6. The number of nitrogens with zero attached hydrogens (tertiary/aromatic N) is 2. The predicted octanol–water partition coefficient (Wildman–Crippen LogP) is 4.27. The first-order chi connectivity index (χ1) is 16.7. The molecule has 0 radical (unpaired) electrons. The van der Waals surface area contributed by atoms with Crippen LogP contribution in [0.4, 0.5) is 11.4 Å². The number of anilines is 2. The molecule has 0 saturated carbocycles. The fourth-order valence-corrected chi connectivity index (χ4v) is 5.14. The third-order valence-corrected chi connectivity index (χ3v) is 7.21. The zero-order valence-corrected chi connectivity index (χ0v) is 21.3. The van der Waals surface area contributed by atoms with E-state index in [9.17, 15) is 13.2 Å². The summed E-state index contributed by atoms with van der Waals surface area (Å²) >= 11 is 0. The molecule has 8 nitrogen and oxygen atoms in total. The summed E-state index contributed by atoms with van der Waals surface area (Å²) in [6.07, 6.45) is 0. The first-order valence-electron chi connectivity index (χ1n) is 11.0. The summed E-state index contributed by atoms with van der Waals surface area (Å²) < 4.78 is 44.9. The molecule has 3 rings (SSSR count). The molecule has 0 heterocycles. The van der Waals surface area contributed by atoms with Gasteiger partial charge in [-0.05, 0) is 67.9 Å². The molecular weight excluding hydrogens is 468 g/mol. The molecule has 0 atom stereocenters. The van der Waals surface area contributed by atoms with Crippen molar-refractivity contribution in [3.63, 3.8) is 0 Å². The molecule has 1 amide bonds. The molecule has 0 aliphatic rings. The zero-order valence-electron chi connectivity index (χ0n) is 20.5. The normalized spacial score (nSPS) is 11.0. The Bertz CT molecular complexity index is 1280. The van der Waals surface area contributed by atoms with Crippen molar-refractivity contribution in [2.75, 3.05) is 43.6 Å². The van der Waals surface area contributed by atoms with Gasteiger partial charge in [0.05, 0.1) is 26.5 Å². The zero-order chi connectivity index (χ0) is 25.6. The lowest BCUT2D eigenvalue weighted by Crippen LogP contribution is -2.42. The second kappa shape index (κ2) is 11.1. The van der Waals surface area contributed by atoms with Crippen molar-refractivity contribution in [3.05, 3.63) is 72.3 Å². The molecule has 0 spiro atoms. The Morgan fingerprint density at radius 1 is 0.886 bits per heavy atom. The summed E-state index contributed by atoms with van der Waals surface area (Å²) in [5.41, 5.74) is 1.65. The fourth-order valence-electron chi connectivity index (χ4n) is 3.49. The Morgan fingerprint density at radius 3 is 2.23 bits per heavy atom. The Hall–Kier alpha value is -3.72. The minimum Gasteiger partial charge on any atom is -0.497 e. The van der Waals surface area contributed by atoms with Gasteiger partial charge in [0.2, 0.25) is 5.91 Å². The number of likely N-dealkylation sites (N-methyl/N-ethyl adjacent to an activating group) is 1. The van der Waals surface area contributed by atoms with Crippen LogP contribution >= 0.6 is 0 Å². The van der Waals surface area contributed by atoms with Gasteiger partial charge < -0.3 is 19.1 Å². The van der Waals surface area contributed by atoms with Gasteiger partial charge in [-0.3, -0.25) is 9.10 Å². The van der Waals surface area contributed by atoms with E-state index < -0.39 is 22.5 Å². The molecule has 0 aliphatic heterocycles. The van der Waals surface area contributed by atoms with Crippen LogP contribution in [-0.2, 0) is 14.8 Å².